The number of fused-ring (bicyclic) bond motifs is 3. The van der Waals surface area contributed by atoms with Gasteiger partial charge in [0, 0.05) is 57.3 Å². The lowest BCUT2D eigenvalue weighted by atomic mass is 10.1. The van der Waals surface area contributed by atoms with E-state index < -0.39 is 0 Å². The van der Waals surface area contributed by atoms with Crippen molar-refractivity contribution >= 4 is 35.0 Å². The van der Waals surface area contributed by atoms with Crippen molar-refractivity contribution in [1.29, 1.82) is 0 Å². The van der Waals surface area contributed by atoms with Gasteiger partial charge in [-0.15, -0.1) is 10.2 Å². The van der Waals surface area contributed by atoms with Crippen LogP contribution in [0.2, 0.25) is 10.0 Å². The summed E-state index contributed by atoms with van der Waals surface area (Å²) in [5, 5.41) is 10.5. The number of halogens is 2. The van der Waals surface area contributed by atoms with Crippen LogP contribution in [0.3, 0.4) is 0 Å². The normalized spacial score (nSPS) is 18.7. The fraction of sp³-hybridized carbons (Fsp3) is 0.381. The largest absolute Gasteiger partial charge is 0.381 e. The number of methoxy groups -OCH3 is 1. The summed E-state index contributed by atoms with van der Waals surface area (Å²) in [6, 6.07) is 9.72. The fourth-order valence-electron chi connectivity index (χ4n) is 4.24. The van der Waals surface area contributed by atoms with Gasteiger partial charge < -0.3 is 14.5 Å². The van der Waals surface area contributed by atoms with Crippen molar-refractivity contribution in [3.8, 4) is 5.69 Å². The second-order valence-corrected chi connectivity index (χ2v) is 8.42. The van der Waals surface area contributed by atoms with Gasteiger partial charge in [0.05, 0.1) is 16.8 Å². The van der Waals surface area contributed by atoms with Gasteiger partial charge in [0.1, 0.15) is 11.6 Å². The lowest BCUT2D eigenvalue weighted by molar-refractivity contribution is 0.103. The van der Waals surface area contributed by atoms with E-state index in [1.54, 1.807) is 13.3 Å². The molecule has 9 heteroatoms. The molecule has 3 aromatic rings. The van der Waals surface area contributed by atoms with E-state index in [4.69, 9.17) is 27.9 Å². The first-order valence-electron chi connectivity index (χ1n) is 10.0. The summed E-state index contributed by atoms with van der Waals surface area (Å²) in [4.78, 5) is 8.93. The second-order valence-electron chi connectivity index (χ2n) is 7.57. The number of hydrogen-bond acceptors (Lipinski definition) is 6. The molecule has 0 amide bonds. The second kappa shape index (κ2) is 8.06. The fourth-order valence-corrected chi connectivity index (χ4v) is 4.68. The molecule has 1 atom stereocenters. The summed E-state index contributed by atoms with van der Waals surface area (Å²) in [5.41, 5.74) is 2.22. The summed E-state index contributed by atoms with van der Waals surface area (Å²) >= 11 is 12.6. The van der Waals surface area contributed by atoms with Gasteiger partial charge in [-0.3, -0.25) is 4.57 Å². The zero-order valence-corrected chi connectivity index (χ0v) is 18.1. The molecule has 0 bridgehead atoms. The lowest BCUT2D eigenvalue weighted by Gasteiger charge is -2.36. The van der Waals surface area contributed by atoms with Crippen LogP contribution >= 0.6 is 23.2 Å². The summed E-state index contributed by atoms with van der Waals surface area (Å²) in [6.45, 7) is 3.24. The van der Waals surface area contributed by atoms with Crippen LogP contribution < -0.4 is 9.80 Å². The molecule has 4 heterocycles. The zero-order chi connectivity index (χ0) is 20.7. The number of anilines is 2. The van der Waals surface area contributed by atoms with Crippen molar-refractivity contribution in [2.75, 3.05) is 43.1 Å². The molecule has 156 valence electrons. The first-order valence-corrected chi connectivity index (χ1v) is 10.8. The van der Waals surface area contributed by atoms with E-state index in [1.807, 2.05) is 24.3 Å². The molecule has 0 N–H and O–H groups in total. The Morgan fingerprint density at radius 1 is 1.00 bits per heavy atom. The van der Waals surface area contributed by atoms with Gasteiger partial charge >= 0.3 is 0 Å². The van der Waals surface area contributed by atoms with Crippen molar-refractivity contribution in [2.45, 2.75) is 18.9 Å². The Kier molecular flexibility index (Phi) is 5.26. The highest BCUT2D eigenvalue weighted by atomic mass is 35.5. The van der Waals surface area contributed by atoms with Gasteiger partial charge in [0.2, 0.25) is 5.95 Å². The SMILES string of the molecule is COC1Cc2cc(Cl)ccc2-n2c(nnc2N2CCN(c3ncccc3Cl)CC2)C1. The molecule has 1 saturated heterocycles. The van der Waals surface area contributed by atoms with Crippen molar-refractivity contribution < 1.29 is 4.74 Å². The number of pyridine rings is 1. The molecule has 0 radical (unpaired) electrons. The molecule has 2 aromatic heterocycles. The third-order valence-corrected chi connectivity index (χ3v) is 6.32. The lowest BCUT2D eigenvalue weighted by Crippen LogP contribution is -2.47. The average molecular weight is 445 g/mol. The van der Waals surface area contributed by atoms with Crippen LogP contribution in [0.1, 0.15) is 11.4 Å². The molecule has 0 spiro atoms. The van der Waals surface area contributed by atoms with E-state index in [0.717, 1.165) is 66.5 Å². The Bertz CT molecular complexity index is 1060. The van der Waals surface area contributed by atoms with Crippen molar-refractivity contribution in [3.63, 3.8) is 0 Å². The maximum absolute atomic E-state index is 6.34. The topological polar surface area (TPSA) is 59.3 Å². The minimum Gasteiger partial charge on any atom is -0.381 e. The predicted molar refractivity (Wildman–Crippen MR) is 118 cm³/mol. The van der Waals surface area contributed by atoms with Crippen LogP contribution in [-0.2, 0) is 17.6 Å². The molecule has 7 nitrogen and oxygen atoms in total. The van der Waals surface area contributed by atoms with Gasteiger partial charge in [0.25, 0.3) is 0 Å². The summed E-state index contributed by atoms with van der Waals surface area (Å²) in [5.74, 6) is 2.60. The minimum atomic E-state index is 0.0451. The minimum absolute atomic E-state index is 0.0451. The third-order valence-electron chi connectivity index (χ3n) is 5.79. The molecule has 0 aliphatic carbocycles. The van der Waals surface area contributed by atoms with E-state index >= 15 is 0 Å². The number of nitrogens with zero attached hydrogens (tertiary/aromatic N) is 6. The average Bonchev–Trinajstić information content (AvgIpc) is 3.10. The van der Waals surface area contributed by atoms with Crippen molar-refractivity contribution in [2.24, 2.45) is 0 Å². The van der Waals surface area contributed by atoms with Crippen LogP contribution in [0.25, 0.3) is 5.69 Å². The number of rotatable bonds is 3. The third kappa shape index (κ3) is 3.51. The Morgan fingerprint density at radius 3 is 2.57 bits per heavy atom. The highest BCUT2D eigenvalue weighted by molar-refractivity contribution is 6.33. The molecule has 0 saturated carbocycles. The Morgan fingerprint density at radius 2 is 1.80 bits per heavy atom. The van der Waals surface area contributed by atoms with E-state index in [0.29, 0.717) is 11.4 Å². The maximum atomic E-state index is 6.34. The Balaban J connectivity index is 1.45. The standard InChI is InChI=1S/C21H22Cl2N6O/c1-30-16-12-14-11-15(22)4-5-18(14)29-19(13-16)25-26-21(29)28-9-7-27(8-10-28)20-17(23)3-2-6-24-20/h2-6,11,16H,7-10,12-13H2,1H3. The van der Waals surface area contributed by atoms with Gasteiger partial charge in [-0.1, -0.05) is 23.2 Å². The van der Waals surface area contributed by atoms with Crippen molar-refractivity contribution in [1.82, 2.24) is 19.7 Å². The van der Waals surface area contributed by atoms with E-state index in [1.165, 1.54) is 0 Å². The highest BCUT2D eigenvalue weighted by Gasteiger charge is 2.29. The van der Waals surface area contributed by atoms with Crippen LogP contribution in [0.4, 0.5) is 11.8 Å². The van der Waals surface area contributed by atoms with E-state index in [-0.39, 0.29) is 6.10 Å². The number of ether oxygens (including phenoxy) is 1. The number of aromatic nitrogens is 4. The Hall–Kier alpha value is -2.35. The monoisotopic (exact) mass is 444 g/mol. The van der Waals surface area contributed by atoms with Crippen molar-refractivity contribution in [3.05, 3.63) is 58.0 Å². The van der Waals surface area contributed by atoms with Gasteiger partial charge in [0.15, 0.2) is 0 Å². The van der Waals surface area contributed by atoms with Crippen LogP contribution in [-0.4, -0.2) is 59.1 Å². The maximum Gasteiger partial charge on any atom is 0.232 e. The molecular weight excluding hydrogens is 423 g/mol. The first-order chi connectivity index (χ1) is 14.6. The van der Waals surface area contributed by atoms with Gasteiger partial charge in [-0.05, 0) is 35.9 Å². The van der Waals surface area contributed by atoms with Crippen LogP contribution in [0.15, 0.2) is 36.5 Å². The quantitative estimate of drug-likeness (QED) is 0.616. The van der Waals surface area contributed by atoms with Gasteiger partial charge in [-0.25, -0.2) is 4.98 Å². The molecule has 1 aromatic carbocycles. The molecule has 2 aliphatic heterocycles. The number of hydrogen-bond donors (Lipinski definition) is 0. The number of benzene rings is 1. The highest BCUT2D eigenvalue weighted by Crippen LogP contribution is 2.32. The molecule has 30 heavy (non-hydrogen) atoms. The summed E-state index contributed by atoms with van der Waals surface area (Å²) in [6.07, 6.45) is 3.32. The Labute approximate surface area is 185 Å². The predicted octanol–water partition coefficient (Wildman–Crippen LogP) is 3.41. The summed E-state index contributed by atoms with van der Waals surface area (Å²) in [7, 11) is 1.74. The smallest absolute Gasteiger partial charge is 0.232 e. The molecule has 1 unspecified atom stereocenters. The summed E-state index contributed by atoms with van der Waals surface area (Å²) < 4.78 is 7.85. The van der Waals surface area contributed by atoms with Gasteiger partial charge in [-0.2, -0.15) is 0 Å². The molecule has 5 rings (SSSR count). The molecule has 1 fully saturated rings. The van der Waals surface area contributed by atoms with E-state index in [2.05, 4.69) is 35.6 Å². The number of piperazine rings is 1. The van der Waals surface area contributed by atoms with Crippen LogP contribution in [0.5, 0.6) is 0 Å². The molecule has 2 aliphatic rings. The zero-order valence-electron chi connectivity index (χ0n) is 16.6. The first kappa shape index (κ1) is 19.6. The van der Waals surface area contributed by atoms with Crippen LogP contribution in [0, 0.1) is 0 Å². The van der Waals surface area contributed by atoms with E-state index in [9.17, 15) is 0 Å². The molecular formula is C21H22Cl2N6O.